The van der Waals surface area contributed by atoms with Gasteiger partial charge in [-0.15, -0.1) is 0 Å². The van der Waals surface area contributed by atoms with E-state index >= 15 is 0 Å². The molecule has 1 fully saturated rings. The van der Waals surface area contributed by atoms with Crippen molar-refractivity contribution >= 4 is 29.0 Å². The summed E-state index contributed by atoms with van der Waals surface area (Å²) in [6, 6.07) is 0.325. The van der Waals surface area contributed by atoms with Crippen molar-refractivity contribution in [2.24, 2.45) is 0 Å². The van der Waals surface area contributed by atoms with Gasteiger partial charge in [-0.05, 0) is 44.0 Å². The molecule has 1 atom stereocenters. The zero-order valence-corrected chi connectivity index (χ0v) is 18.1. The van der Waals surface area contributed by atoms with Crippen molar-refractivity contribution in [3.63, 3.8) is 0 Å². The van der Waals surface area contributed by atoms with E-state index < -0.39 is 64.0 Å². The number of nitrogens with two attached hydrogens (primary N) is 1. The van der Waals surface area contributed by atoms with Gasteiger partial charge in [0.2, 0.25) is 6.10 Å². The lowest BCUT2D eigenvalue weighted by Crippen LogP contribution is -2.29. The van der Waals surface area contributed by atoms with Gasteiger partial charge in [0.05, 0.1) is 18.6 Å². The second-order valence-corrected chi connectivity index (χ2v) is 7.67. The third kappa shape index (κ3) is 5.02. The average molecular weight is 509 g/mol. The number of benzene rings is 1. The van der Waals surface area contributed by atoms with E-state index in [0.29, 0.717) is 0 Å². The molecular formula is C21H19Cl2F4N5O. The molecule has 1 unspecified atom stereocenters. The van der Waals surface area contributed by atoms with Crippen LogP contribution in [0.2, 0.25) is 10.0 Å². The number of rotatable bonds is 5. The fraction of sp³-hybridized carbons (Fsp3) is 0.333. The van der Waals surface area contributed by atoms with Crippen LogP contribution in [-0.2, 0) is 0 Å². The molecule has 0 saturated carbocycles. The smallest absolute Gasteiger partial charge is 0.429 e. The minimum absolute atomic E-state index is 0.108. The van der Waals surface area contributed by atoms with Crippen LogP contribution in [0.25, 0.3) is 11.1 Å². The standard InChI is InChI=1S/C21H19Cl2F4N5O/c22-14-1-2-15(24)18(23)17(14)19(21(25,26)27)33-16-7-11(8-30-20(16)28)12-9-31-32(10-12)13-3-5-29-6-4-13/h1-2,7-10,13,19,29H,3-6H2,(H2,28,30)/i3D2,4D2,13D. The number of hydrogen-bond donors (Lipinski definition) is 2. The Bertz CT molecular complexity index is 1360. The van der Waals surface area contributed by atoms with Crippen LogP contribution < -0.4 is 15.8 Å². The molecule has 3 N–H and O–H groups in total. The largest absolute Gasteiger partial charge is 0.472 e. The van der Waals surface area contributed by atoms with Gasteiger partial charge in [-0.1, -0.05) is 23.2 Å². The van der Waals surface area contributed by atoms with Gasteiger partial charge in [-0.25, -0.2) is 9.37 Å². The maximum absolute atomic E-state index is 14.0. The van der Waals surface area contributed by atoms with Crippen molar-refractivity contribution in [3.8, 4) is 16.9 Å². The lowest BCUT2D eigenvalue weighted by Gasteiger charge is -2.24. The van der Waals surface area contributed by atoms with Crippen LogP contribution in [0, 0.1) is 5.82 Å². The number of anilines is 1. The molecule has 1 aliphatic rings. The second-order valence-electron chi connectivity index (χ2n) is 6.88. The van der Waals surface area contributed by atoms with Crippen LogP contribution in [0.1, 0.15) is 37.3 Å². The summed E-state index contributed by atoms with van der Waals surface area (Å²) in [5.41, 5.74) is 5.17. The monoisotopic (exact) mass is 508 g/mol. The topological polar surface area (TPSA) is 78.0 Å². The summed E-state index contributed by atoms with van der Waals surface area (Å²) >= 11 is 11.7. The third-order valence-corrected chi connectivity index (χ3v) is 5.39. The number of piperidine rings is 1. The van der Waals surface area contributed by atoms with Crippen LogP contribution in [0.3, 0.4) is 0 Å². The lowest BCUT2D eigenvalue weighted by molar-refractivity contribution is -0.197. The van der Waals surface area contributed by atoms with E-state index in [9.17, 15) is 17.6 Å². The van der Waals surface area contributed by atoms with Gasteiger partial charge in [0, 0.05) is 39.6 Å². The molecule has 0 radical (unpaired) electrons. The SMILES string of the molecule is [2H]C1([2H])CNCC([2H])([2H])C1([2H])n1cc(-c2cnc(N)c(OC(c3c(Cl)ccc(F)c3Cl)C(F)(F)F)c2)cn1. The molecule has 2 aromatic heterocycles. The van der Waals surface area contributed by atoms with E-state index in [2.05, 4.69) is 15.4 Å². The summed E-state index contributed by atoms with van der Waals surface area (Å²) in [7, 11) is 0. The summed E-state index contributed by atoms with van der Waals surface area (Å²) < 4.78 is 104. The quantitative estimate of drug-likeness (QED) is 0.347. The highest BCUT2D eigenvalue weighted by atomic mass is 35.5. The van der Waals surface area contributed by atoms with E-state index in [-0.39, 0.29) is 24.2 Å². The van der Waals surface area contributed by atoms with Crippen molar-refractivity contribution in [3.05, 3.63) is 58.2 Å². The Kier molecular flexibility index (Phi) is 5.06. The highest BCUT2D eigenvalue weighted by Gasteiger charge is 2.46. The minimum atomic E-state index is -5.10. The molecule has 6 nitrogen and oxygen atoms in total. The first-order valence-corrected chi connectivity index (χ1v) is 10.1. The summed E-state index contributed by atoms with van der Waals surface area (Å²) in [5.74, 6) is -2.14. The number of nitrogens with zero attached hydrogens (tertiary/aromatic N) is 3. The normalized spacial score (nSPS) is 22.3. The molecule has 1 saturated heterocycles. The van der Waals surface area contributed by atoms with Gasteiger partial charge in [-0.2, -0.15) is 18.3 Å². The molecule has 4 rings (SSSR count). The zero-order valence-electron chi connectivity index (χ0n) is 21.6. The number of pyridine rings is 1. The highest BCUT2D eigenvalue weighted by molar-refractivity contribution is 6.36. The van der Waals surface area contributed by atoms with E-state index in [0.717, 1.165) is 22.9 Å². The molecule has 176 valence electrons. The molecule has 1 aliphatic heterocycles. The molecule has 0 spiro atoms. The first-order chi connectivity index (χ1) is 17.5. The predicted octanol–water partition coefficient (Wildman–Crippen LogP) is 5.58. The molecule has 12 heteroatoms. The molecular weight excluding hydrogens is 485 g/mol. The Balaban J connectivity index is 1.74. The lowest BCUT2D eigenvalue weighted by atomic mass is 10.1. The molecule has 1 aromatic carbocycles. The Morgan fingerprint density at radius 3 is 2.67 bits per heavy atom. The summed E-state index contributed by atoms with van der Waals surface area (Å²) in [6.07, 6.45) is -9.15. The first-order valence-electron chi connectivity index (χ1n) is 11.9. The fourth-order valence-corrected chi connectivity index (χ4v) is 3.65. The Hall–Kier alpha value is -2.56. The van der Waals surface area contributed by atoms with E-state index in [1.807, 2.05) is 0 Å². The fourth-order valence-electron chi connectivity index (χ4n) is 3.08. The summed E-state index contributed by atoms with van der Waals surface area (Å²) in [6.45, 7) is -0.618. The van der Waals surface area contributed by atoms with Crippen LogP contribution in [-0.4, -0.2) is 34.0 Å². The van der Waals surface area contributed by atoms with Crippen LogP contribution in [0.4, 0.5) is 23.4 Å². The molecule has 0 amide bonds. The third-order valence-electron chi connectivity index (χ3n) is 4.67. The van der Waals surface area contributed by atoms with Crippen LogP contribution >= 0.6 is 23.2 Å². The molecule has 33 heavy (non-hydrogen) atoms. The molecule has 0 bridgehead atoms. The van der Waals surface area contributed by atoms with Crippen molar-refractivity contribution < 1.29 is 29.2 Å². The summed E-state index contributed by atoms with van der Waals surface area (Å²) in [4.78, 5) is 3.85. The van der Waals surface area contributed by atoms with Crippen LogP contribution in [0.5, 0.6) is 5.75 Å². The second kappa shape index (κ2) is 9.36. The maximum Gasteiger partial charge on any atom is 0.429 e. The van der Waals surface area contributed by atoms with Crippen molar-refractivity contribution in [2.45, 2.75) is 31.0 Å². The van der Waals surface area contributed by atoms with Gasteiger partial charge in [-0.3, -0.25) is 4.68 Å². The number of hydrogen-bond acceptors (Lipinski definition) is 5. The van der Waals surface area contributed by atoms with Gasteiger partial charge >= 0.3 is 6.18 Å². The maximum atomic E-state index is 14.0. The Morgan fingerprint density at radius 1 is 1.24 bits per heavy atom. The molecule has 3 aromatic rings. The Morgan fingerprint density at radius 2 is 1.97 bits per heavy atom. The van der Waals surface area contributed by atoms with Crippen molar-refractivity contribution in [1.29, 1.82) is 0 Å². The first kappa shape index (κ1) is 17.9. The number of ether oxygens (including phenoxy) is 1. The molecule has 0 aliphatic carbocycles. The zero-order chi connectivity index (χ0) is 28.3. The number of nitrogens with one attached hydrogen (secondary N) is 1. The van der Waals surface area contributed by atoms with Crippen molar-refractivity contribution in [2.75, 3.05) is 18.8 Å². The number of aromatic nitrogens is 3. The van der Waals surface area contributed by atoms with Gasteiger partial charge in [0.1, 0.15) is 5.82 Å². The predicted molar refractivity (Wildman–Crippen MR) is 117 cm³/mol. The van der Waals surface area contributed by atoms with Crippen LogP contribution in [0.15, 0.2) is 36.8 Å². The van der Waals surface area contributed by atoms with Gasteiger partial charge < -0.3 is 15.8 Å². The van der Waals surface area contributed by atoms with Gasteiger partial charge in [0.25, 0.3) is 0 Å². The number of nitrogen functional groups attached to an aromatic ring is 1. The van der Waals surface area contributed by atoms with Crippen molar-refractivity contribution in [1.82, 2.24) is 20.1 Å². The number of alkyl halides is 3. The van der Waals surface area contributed by atoms with E-state index in [1.54, 1.807) is 0 Å². The Labute approximate surface area is 203 Å². The minimum Gasteiger partial charge on any atom is -0.472 e. The summed E-state index contributed by atoms with van der Waals surface area (Å²) in [5, 5.41) is 5.22. The van der Waals surface area contributed by atoms with Gasteiger partial charge in [0.15, 0.2) is 11.6 Å². The highest BCUT2D eigenvalue weighted by Crippen LogP contribution is 2.44. The van der Waals surface area contributed by atoms with E-state index in [4.69, 9.17) is 40.5 Å². The molecule has 3 heterocycles. The average Bonchev–Trinajstić information content (AvgIpc) is 3.30. The number of halogens is 6. The van der Waals surface area contributed by atoms with E-state index in [1.165, 1.54) is 18.6 Å².